The monoisotopic (exact) mass is 269 g/mol. The number of rotatable bonds is 6. The average Bonchev–Trinajstić information content (AvgIpc) is 2.47. The number of hydrogen-bond donors (Lipinski definition) is 1. The third kappa shape index (κ3) is 3.73. The summed E-state index contributed by atoms with van der Waals surface area (Å²) in [6.07, 6.45) is 3.06. The van der Waals surface area contributed by atoms with Crippen molar-refractivity contribution in [1.29, 1.82) is 0 Å². The first-order valence-corrected chi connectivity index (χ1v) is 7.16. The van der Waals surface area contributed by atoms with Gasteiger partial charge in [-0.15, -0.1) is 0 Å². The van der Waals surface area contributed by atoms with Gasteiger partial charge in [0.25, 0.3) is 0 Å². The van der Waals surface area contributed by atoms with E-state index in [1.54, 1.807) is 0 Å². The smallest absolute Gasteiger partial charge is 0.125 e. The van der Waals surface area contributed by atoms with Crippen molar-refractivity contribution in [2.45, 2.75) is 26.8 Å². The zero-order chi connectivity index (χ0) is 14.4. The number of anilines is 2. The van der Waals surface area contributed by atoms with E-state index in [1.165, 1.54) is 16.8 Å². The van der Waals surface area contributed by atoms with E-state index in [-0.39, 0.29) is 0 Å². The summed E-state index contributed by atoms with van der Waals surface area (Å²) < 4.78 is 0. The van der Waals surface area contributed by atoms with E-state index in [2.05, 4.69) is 72.5 Å². The van der Waals surface area contributed by atoms with Gasteiger partial charge in [-0.1, -0.05) is 31.2 Å². The Bertz CT molecular complexity index is 534. The van der Waals surface area contributed by atoms with Crippen molar-refractivity contribution in [3.05, 3.63) is 53.7 Å². The molecule has 0 unspecified atom stereocenters. The van der Waals surface area contributed by atoms with E-state index in [0.717, 1.165) is 25.3 Å². The summed E-state index contributed by atoms with van der Waals surface area (Å²) in [7, 11) is 2.12. The van der Waals surface area contributed by atoms with Gasteiger partial charge in [0.15, 0.2) is 0 Å². The maximum Gasteiger partial charge on any atom is 0.125 e. The Morgan fingerprint density at radius 1 is 1.15 bits per heavy atom. The van der Waals surface area contributed by atoms with Gasteiger partial charge in [0.1, 0.15) is 5.82 Å². The van der Waals surface area contributed by atoms with E-state index in [1.807, 2.05) is 6.20 Å². The van der Waals surface area contributed by atoms with Crippen LogP contribution in [0.25, 0.3) is 0 Å². The molecule has 0 radical (unpaired) electrons. The van der Waals surface area contributed by atoms with Gasteiger partial charge in [0.2, 0.25) is 0 Å². The molecule has 0 spiro atoms. The molecule has 0 saturated heterocycles. The molecule has 1 heterocycles. The van der Waals surface area contributed by atoms with Crippen LogP contribution in [0.15, 0.2) is 42.6 Å². The topological polar surface area (TPSA) is 28.2 Å². The molecule has 2 rings (SSSR count). The predicted octanol–water partition coefficient (Wildman–Crippen LogP) is 3.85. The lowest BCUT2D eigenvalue weighted by atomic mass is 10.1. The number of aromatic nitrogens is 1. The van der Waals surface area contributed by atoms with Gasteiger partial charge in [-0.2, -0.15) is 0 Å². The summed E-state index contributed by atoms with van der Waals surface area (Å²) in [5.74, 6) is 0.953. The highest BCUT2D eigenvalue weighted by Crippen LogP contribution is 2.19. The van der Waals surface area contributed by atoms with Crippen molar-refractivity contribution < 1.29 is 0 Å². The maximum atomic E-state index is 4.45. The minimum atomic E-state index is 0.867. The van der Waals surface area contributed by atoms with Gasteiger partial charge in [-0.3, -0.25) is 0 Å². The second kappa shape index (κ2) is 6.94. The number of pyridine rings is 1. The molecule has 1 aromatic carbocycles. The highest BCUT2D eigenvalue weighted by atomic mass is 15.1. The lowest BCUT2D eigenvalue weighted by molar-refractivity contribution is 0.907. The fourth-order valence-corrected chi connectivity index (χ4v) is 2.23. The quantitative estimate of drug-likeness (QED) is 0.863. The van der Waals surface area contributed by atoms with Gasteiger partial charge in [-0.25, -0.2) is 4.98 Å². The molecular weight excluding hydrogens is 246 g/mol. The number of nitrogens with zero attached hydrogens (tertiary/aromatic N) is 2. The molecule has 1 N–H and O–H groups in total. The second-order valence-corrected chi connectivity index (χ2v) is 5.12. The van der Waals surface area contributed by atoms with Crippen LogP contribution in [0.5, 0.6) is 0 Å². The Morgan fingerprint density at radius 2 is 1.95 bits per heavy atom. The molecule has 3 nitrogen and oxygen atoms in total. The Hall–Kier alpha value is -2.03. The standard InChI is InChI=1S/C17H23N3/c1-4-11-18-17-10-9-15(12-19-17)13-20(3)16-8-6-5-7-14(16)2/h5-10,12H,4,11,13H2,1-3H3,(H,18,19). The van der Waals surface area contributed by atoms with Gasteiger partial charge < -0.3 is 10.2 Å². The second-order valence-electron chi connectivity index (χ2n) is 5.12. The molecular formula is C17H23N3. The SMILES string of the molecule is CCCNc1ccc(CN(C)c2ccccc2C)cn1. The predicted molar refractivity (Wildman–Crippen MR) is 86.3 cm³/mol. The van der Waals surface area contributed by atoms with Crippen LogP contribution >= 0.6 is 0 Å². The summed E-state index contributed by atoms with van der Waals surface area (Å²) >= 11 is 0. The Balaban J connectivity index is 2.01. The lowest BCUT2D eigenvalue weighted by Gasteiger charge is -2.21. The molecule has 0 aliphatic rings. The van der Waals surface area contributed by atoms with Crippen LogP contribution in [0.1, 0.15) is 24.5 Å². The molecule has 0 aliphatic heterocycles. The van der Waals surface area contributed by atoms with E-state index >= 15 is 0 Å². The Kier molecular flexibility index (Phi) is 4.99. The molecule has 0 amide bonds. The molecule has 3 heteroatoms. The third-order valence-electron chi connectivity index (χ3n) is 3.33. The first kappa shape index (κ1) is 14.4. The van der Waals surface area contributed by atoms with Gasteiger partial charge >= 0.3 is 0 Å². The van der Waals surface area contributed by atoms with Crippen LogP contribution in [-0.2, 0) is 6.54 Å². The summed E-state index contributed by atoms with van der Waals surface area (Å²) in [5, 5.41) is 3.29. The van der Waals surface area contributed by atoms with Crippen LogP contribution in [0.3, 0.4) is 0 Å². The highest BCUT2D eigenvalue weighted by Gasteiger charge is 2.05. The first-order chi connectivity index (χ1) is 9.70. The third-order valence-corrected chi connectivity index (χ3v) is 3.33. The van der Waals surface area contributed by atoms with Crippen LogP contribution in [0.2, 0.25) is 0 Å². The van der Waals surface area contributed by atoms with Crippen LogP contribution in [-0.4, -0.2) is 18.6 Å². The number of hydrogen-bond acceptors (Lipinski definition) is 3. The molecule has 20 heavy (non-hydrogen) atoms. The maximum absolute atomic E-state index is 4.45. The van der Waals surface area contributed by atoms with Crippen molar-refractivity contribution in [1.82, 2.24) is 4.98 Å². The van der Waals surface area contributed by atoms with Crippen LogP contribution in [0, 0.1) is 6.92 Å². The minimum Gasteiger partial charge on any atom is -0.370 e. The largest absolute Gasteiger partial charge is 0.370 e. The van der Waals surface area contributed by atoms with E-state index in [9.17, 15) is 0 Å². The summed E-state index contributed by atoms with van der Waals surface area (Å²) in [6, 6.07) is 12.6. The number of aryl methyl sites for hydroxylation is 1. The van der Waals surface area contributed by atoms with E-state index in [4.69, 9.17) is 0 Å². The molecule has 2 aromatic rings. The Labute approximate surface area is 121 Å². The van der Waals surface area contributed by atoms with Crippen molar-refractivity contribution in [3.8, 4) is 0 Å². The molecule has 0 atom stereocenters. The summed E-state index contributed by atoms with van der Waals surface area (Å²) in [5.41, 5.74) is 3.78. The van der Waals surface area contributed by atoms with E-state index in [0.29, 0.717) is 0 Å². The molecule has 0 aliphatic carbocycles. The lowest BCUT2D eigenvalue weighted by Crippen LogP contribution is -2.17. The van der Waals surface area contributed by atoms with Gasteiger partial charge in [0, 0.05) is 32.0 Å². The molecule has 106 valence electrons. The first-order valence-electron chi connectivity index (χ1n) is 7.16. The van der Waals surface area contributed by atoms with Crippen molar-refractivity contribution >= 4 is 11.5 Å². The average molecular weight is 269 g/mol. The molecule has 0 fully saturated rings. The molecule has 0 saturated carbocycles. The summed E-state index contributed by atoms with van der Waals surface area (Å²) in [6.45, 7) is 6.13. The van der Waals surface area contributed by atoms with E-state index < -0.39 is 0 Å². The van der Waals surface area contributed by atoms with Crippen molar-refractivity contribution in [2.75, 3.05) is 23.8 Å². The fourth-order valence-electron chi connectivity index (χ4n) is 2.23. The Morgan fingerprint density at radius 3 is 2.60 bits per heavy atom. The normalized spacial score (nSPS) is 10.3. The van der Waals surface area contributed by atoms with Crippen LogP contribution < -0.4 is 10.2 Å². The highest BCUT2D eigenvalue weighted by molar-refractivity contribution is 5.52. The number of benzene rings is 1. The van der Waals surface area contributed by atoms with Gasteiger partial charge in [-0.05, 0) is 36.6 Å². The zero-order valence-corrected chi connectivity index (χ0v) is 12.6. The minimum absolute atomic E-state index is 0.867. The van der Waals surface area contributed by atoms with Gasteiger partial charge in [0.05, 0.1) is 0 Å². The van der Waals surface area contributed by atoms with Crippen LogP contribution in [0.4, 0.5) is 11.5 Å². The zero-order valence-electron chi connectivity index (χ0n) is 12.6. The van der Waals surface area contributed by atoms with Crippen molar-refractivity contribution in [3.63, 3.8) is 0 Å². The fraction of sp³-hybridized carbons (Fsp3) is 0.353. The number of para-hydroxylation sites is 1. The molecule has 1 aromatic heterocycles. The number of nitrogens with one attached hydrogen (secondary N) is 1. The summed E-state index contributed by atoms with van der Waals surface area (Å²) in [4.78, 5) is 6.70. The van der Waals surface area contributed by atoms with Crippen molar-refractivity contribution in [2.24, 2.45) is 0 Å². The molecule has 0 bridgehead atoms.